The van der Waals surface area contributed by atoms with Crippen molar-refractivity contribution < 1.29 is 14.6 Å². The van der Waals surface area contributed by atoms with Crippen LogP contribution in [-0.2, 0) is 4.74 Å². The Kier molecular flexibility index (Phi) is 4.54. The fourth-order valence-corrected chi connectivity index (χ4v) is 4.67. The van der Waals surface area contributed by atoms with Crippen LogP contribution in [0, 0.1) is 16.4 Å². The van der Waals surface area contributed by atoms with Crippen LogP contribution in [0.15, 0.2) is 30.3 Å². The predicted octanol–water partition coefficient (Wildman–Crippen LogP) is 4.95. The molecule has 0 unspecified atom stereocenters. The molecule has 0 aromatic heterocycles. The van der Waals surface area contributed by atoms with Gasteiger partial charge in [0.05, 0.1) is 22.8 Å². The molecule has 2 heterocycles. The van der Waals surface area contributed by atoms with Crippen LogP contribution < -0.4 is 10.1 Å². The lowest BCUT2D eigenvalue weighted by Gasteiger charge is -2.43. The molecule has 25 heavy (non-hydrogen) atoms. The number of ether oxygens (including phenoxy) is 2. The summed E-state index contributed by atoms with van der Waals surface area (Å²) in [5.41, 5.74) is 4.79. The summed E-state index contributed by atoms with van der Waals surface area (Å²) in [5, 5.41) is 13.9. The lowest BCUT2D eigenvalue weighted by Crippen LogP contribution is -2.36. The Morgan fingerprint density at radius 3 is 2.92 bits per heavy atom. The maximum absolute atomic E-state index is 10.2. The smallest absolute Gasteiger partial charge is 0.171 e. The van der Waals surface area contributed by atoms with Crippen molar-refractivity contribution in [2.45, 2.75) is 31.9 Å². The molecule has 5 heteroatoms. The summed E-state index contributed by atoms with van der Waals surface area (Å²) in [6, 6.07) is 10.6. The number of phenolic OH excluding ortho intramolecular Hbond substituents is 1. The Labute approximate surface area is 161 Å². The molecule has 0 spiro atoms. The predicted molar refractivity (Wildman–Crippen MR) is 106 cm³/mol. The first-order valence-electron chi connectivity index (χ1n) is 8.63. The summed E-state index contributed by atoms with van der Waals surface area (Å²) < 4.78 is 12.4. The summed E-state index contributed by atoms with van der Waals surface area (Å²) in [4.78, 5) is 0. The second-order valence-electron chi connectivity index (χ2n) is 6.86. The van der Waals surface area contributed by atoms with Crippen molar-refractivity contribution in [1.29, 1.82) is 0 Å². The monoisotopic (exact) mass is 451 g/mol. The highest BCUT2D eigenvalue weighted by molar-refractivity contribution is 14.1. The number of methoxy groups -OCH3 is 1. The first-order valence-corrected chi connectivity index (χ1v) is 9.71. The Morgan fingerprint density at radius 1 is 1.28 bits per heavy atom. The molecular formula is C20H22INO3. The van der Waals surface area contributed by atoms with E-state index in [1.807, 2.05) is 12.1 Å². The molecule has 2 aromatic carbocycles. The first-order chi connectivity index (χ1) is 12.1. The van der Waals surface area contributed by atoms with Crippen LogP contribution in [0.1, 0.15) is 41.7 Å². The molecule has 0 aliphatic carbocycles. The van der Waals surface area contributed by atoms with Gasteiger partial charge in [-0.05, 0) is 66.1 Å². The summed E-state index contributed by atoms with van der Waals surface area (Å²) in [6.45, 7) is 2.94. The third-order valence-corrected chi connectivity index (χ3v) is 6.07. The standard InChI is InChI=1S/C20H22INO3/c1-11-5-6-16-14(8-11)20-13(4-3-7-25-20)18(22-16)12-9-15(21)19(23)17(10-12)24-2/h5-6,8-10,13,18,20,22-23H,3-4,7H2,1-2H3/t13-,18-,20-/m0/s1. The second-order valence-corrected chi connectivity index (χ2v) is 8.03. The van der Waals surface area contributed by atoms with Crippen LogP contribution in [0.4, 0.5) is 5.69 Å². The van der Waals surface area contributed by atoms with Gasteiger partial charge in [0, 0.05) is 23.8 Å². The van der Waals surface area contributed by atoms with Gasteiger partial charge in [-0.25, -0.2) is 0 Å². The maximum Gasteiger partial charge on any atom is 0.171 e. The minimum atomic E-state index is 0.118. The third-order valence-electron chi connectivity index (χ3n) is 5.25. The van der Waals surface area contributed by atoms with Gasteiger partial charge in [0.15, 0.2) is 11.5 Å². The van der Waals surface area contributed by atoms with Crippen molar-refractivity contribution in [1.82, 2.24) is 0 Å². The van der Waals surface area contributed by atoms with E-state index in [4.69, 9.17) is 9.47 Å². The van der Waals surface area contributed by atoms with E-state index in [0.29, 0.717) is 11.7 Å². The van der Waals surface area contributed by atoms with Gasteiger partial charge in [0.1, 0.15) is 0 Å². The van der Waals surface area contributed by atoms with E-state index in [1.54, 1.807) is 7.11 Å². The second kappa shape index (κ2) is 6.68. The molecule has 3 atom stereocenters. The van der Waals surface area contributed by atoms with E-state index >= 15 is 0 Å². The number of halogens is 1. The van der Waals surface area contributed by atoms with Crippen LogP contribution in [0.5, 0.6) is 11.5 Å². The molecule has 4 rings (SSSR count). The summed E-state index contributed by atoms with van der Waals surface area (Å²) in [5.74, 6) is 1.09. The molecular weight excluding hydrogens is 429 g/mol. The average molecular weight is 451 g/mol. The zero-order valence-corrected chi connectivity index (χ0v) is 16.5. The Balaban J connectivity index is 1.80. The number of rotatable bonds is 2. The molecule has 2 aliphatic rings. The van der Waals surface area contributed by atoms with Gasteiger partial charge in [-0.3, -0.25) is 0 Å². The lowest BCUT2D eigenvalue weighted by molar-refractivity contribution is -0.0381. The molecule has 2 N–H and O–H groups in total. The van der Waals surface area contributed by atoms with Gasteiger partial charge in [-0.2, -0.15) is 0 Å². The minimum Gasteiger partial charge on any atom is -0.504 e. The molecule has 0 saturated carbocycles. The topological polar surface area (TPSA) is 50.7 Å². The quantitative estimate of drug-likeness (QED) is 0.635. The summed E-state index contributed by atoms with van der Waals surface area (Å²) >= 11 is 2.16. The van der Waals surface area contributed by atoms with Crippen LogP contribution in [-0.4, -0.2) is 18.8 Å². The van der Waals surface area contributed by atoms with E-state index in [-0.39, 0.29) is 17.9 Å². The lowest BCUT2D eigenvalue weighted by atomic mass is 9.77. The number of phenols is 1. The Hall–Kier alpha value is -1.47. The largest absolute Gasteiger partial charge is 0.504 e. The van der Waals surface area contributed by atoms with E-state index in [0.717, 1.165) is 34.3 Å². The van der Waals surface area contributed by atoms with E-state index < -0.39 is 0 Å². The zero-order valence-electron chi connectivity index (χ0n) is 14.4. The third kappa shape index (κ3) is 2.97. The maximum atomic E-state index is 10.2. The van der Waals surface area contributed by atoms with Crippen molar-refractivity contribution in [2.24, 2.45) is 5.92 Å². The number of hydrogen-bond donors (Lipinski definition) is 2. The fraction of sp³-hybridized carbons (Fsp3) is 0.400. The molecule has 1 fully saturated rings. The van der Waals surface area contributed by atoms with Crippen molar-refractivity contribution in [3.8, 4) is 11.5 Å². The molecule has 0 amide bonds. The van der Waals surface area contributed by atoms with Crippen LogP contribution in [0.2, 0.25) is 0 Å². The number of aromatic hydroxyl groups is 1. The molecule has 2 aliphatic heterocycles. The summed E-state index contributed by atoms with van der Waals surface area (Å²) in [6.07, 6.45) is 2.31. The normalized spacial score (nSPS) is 24.8. The van der Waals surface area contributed by atoms with Crippen LogP contribution in [0.3, 0.4) is 0 Å². The first kappa shape index (κ1) is 17.0. The number of aryl methyl sites for hydroxylation is 1. The molecule has 132 valence electrons. The van der Waals surface area contributed by atoms with Gasteiger partial charge in [-0.1, -0.05) is 17.7 Å². The average Bonchev–Trinajstić information content (AvgIpc) is 2.63. The van der Waals surface area contributed by atoms with Gasteiger partial charge in [0.2, 0.25) is 0 Å². The molecule has 0 bridgehead atoms. The number of benzene rings is 2. The highest BCUT2D eigenvalue weighted by Gasteiger charge is 2.40. The van der Waals surface area contributed by atoms with Crippen molar-refractivity contribution in [3.63, 3.8) is 0 Å². The van der Waals surface area contributed by atoms with E-state index in [1.165, 1.54) is 11.1 Å². The number of fused-ring (bicyclic) bond motifs is 3. The van der Waals surface area contributed by atoms with E-state index in [9.17, 15) is 5.11 Å². The van der Waals surface area contributed by atoms with Crippen LogP contribution in [0.25, 0.3) is 0 Å². The number of nitrogens with one attached hydrogen (secondary N) is 1. The molecule has 1 saturated heterocycles. The van der Waals surface area contributed by atoms with Crippen molar-refractivity contribution in [3.05, 3.63) is 50.6 Å². The zero-order chi connectivity index (χ0) is 17.6. The van der Waals surface area contributed by atoms with Gasteiger partial charge >= 0.3 is 0 Å². The van der Waals surface area contributed by atoms with Crippen molar-refractivity contribution >= 4 is 28.3 Å². The highest BCUT2D eigenvalue weighted by Crippen LogP contribution is 2.50. The van der Waals surface area contributed by atoms with Gasteiger partial charge in [0.25, 0.3) is 0 Å². The number of anilines is 1. The van der Waals surface area contributed by atoms with Gasteiger partial charge in [-0.15, -0.1) is 0 Å². The number of hydrogen-bond acceptors (Lipinski definition) is 4. The Morgan fingerprint density at radius 2 is 2.12 bits per heavy atom. The fourth-order valence-electron chi connectivity index (χ4n) is 4.05. The summed E-state index contributed by atoms with van der Waals surface area (Å²) in [7, 11) is 1.59. The molecule has 4 nitrogen and oxygen atoms in total. The van der Waals surface area contributed by atoms with Crippen molar-refractivity contribution in [2.75, 3.05) is 19.0 Å². The molecule has 2 aromatic rings. The minimum absolute atomic E-state index is 0.118. The highest BCUT2D eigenvalue weighted by atomic mass is 127. The molecule has 0 radical (unpaired) electrons. The van der Waals surface area contributed by atoms with Gasteiger partial charge < -0.3 is 19.9 Å². The van der Waals surface area contributed by atoms with Crippen LogP contribution >= 0.6 is 22.6 Å². The Bertz CT molecular complexity index is 808. The van der Waals surface area contributed by atoms with E-state index in [2.05, 4.69) is 53.0 Å². The SMILES string of the molecule is COc1cc([C@@H]2Nc3ccc(C)cc3[C@H]3OCCC[C@H]32)cc(I)c1O.